The van der Waals surface area contributed by atoms with Gasteiger partial charge in [0.1, 0.15) is 5.82 Å². The van der Waals surface area contributed by atoms with Gasteiger partial charge in [0.2, 0.25) is 0 Å². The summed E-state index contributed by atoms with van der Waals surface area (Å²) in [6.07, 6.45) is 4.47. The van der Waals surface area contributed by atoms with Crippen LogP contribution >= 0.6 is 0 Å². The highest BCUT2D eigenvalue weighted by molar-refractivity contribution is 5.88. The Morgan fingerprint density at radius 1 is 1.39 bits per heavy atom. The normalized spacial score (nSPS) is 20.6. The Balaban J connectivity index is 2.29. The molecule has 0 spiro atoms. The van der Waals surface area contributed by atoms with Crippen molar-refractivity contribution in [2.24, 2.45) is 0 Å². The van der Waals surface area contributed by atoms with Crippen molar-refractivity contribution in [3.63, 3.8) is 0 Å². The van der Waals surface area contributed by atoms with Crippen molar-refractivity contribution in [2.75, 3.05) is 11.4 Å². The van der Waals surface area contributed by atoms with Crippen LogP contribution in [0.5, 0.6) is 0 Å². The number of hydrogen-bond acceptors (Lipinski definition) is 2. The molecule has 4 heteroatoms. The molecule has 1 aliphatic rings. The minimum Gasteiger partial charge on any atom is -0.478 e. The highest BCUT2D eigenvalue weighted by Crippen LogP contribution is 2.27. The minimum atomic E-state index is -1.09. The fourth-order valence-corrected chi connectivity index (χ4v) is 2.51. The lowest BCUT2D eigenvalue weighted by Gasteiger charge is -2.29. The van der Waals surface area contributed by atoms with Gasteiger partial charge in [-0.3, -0.25) is 0 Å². The quantitative estimate of drug-likeness (QED) is 0.876. The fourth-order valence-electron chi connectivity index (χ4n) is 2.51. The maximum Gasteiger partial charge on any atom is 0.335 e. The molecule has 0 aromatic heterocycles. The van der Waals surface area contributed by atoms with Crippen LogP contribution in [0.2, 0.25) is 0 Å². The lowest BCUT2D eigenvalue weighted by Crippen LogP contribution is -2.33. The zero-order chi connectivity index (χ0) is 13.1. The first-order valence-corrected chi connectivity index (χ1v) is 6.39. The number of hydrogen-bond donors (Lipinski definition) is 1. The molecule has 1 unspecified atom stereocenters. The zero-order valence-electron chi connectivity index (χ0n) is 10.5. The van der Waals surface area contributed by atoms with Crippen molar-refractivity contribution < 1.29 is 14.3 Å². The van der Waals surface area contributed by atoms with Crippen LogP contribution in [0.4, 0.5) is 10.1 Å². The number of rotatable bonds is 2. The molecule has 18 heavy (non-hydrogen) atoms. The molecular formula is C14H18FNO2. The van der Waals surface area contributed by atoms with E-state index >= 15 is 0 Å². The molecule has 0 radical (unpaired) electrons. The molecule has 0 aliphatic carbocycles. The van der Waals surface area contributed by atoms with Gasteiger partial charge in [-0.15, -0.1) is 0 Å². The van der Waals surface area contributed by atoms with Gasteiger partial charge in [-0.25, -0.2) is 9.18 Å². The lowest BCUT2D eigenvalue weighted by atomic mass is 10.1. The largest absolute Gasteiger partial charge is 0.478 e. The lowest BCUT2D eigenvalue weighted by molar-refractivity contribution is 0.0696. The average Bonchev–Trinajstić information content (AvgIpc) is 2.54. The molecule has 1 aliphatic heterocycles. The predicted molar refractivity (Wildman–Crippen MR) is 68.6 cm³/mol. The van der Waals surface area contributed by atoms with Gasteiger partial charge in [-0.05, 0) is 38.0 Å². The van der Waals surface area contributed by atoms with Gasteiger partial charge in [-0.1, -0.05) is 12.8 Å². The Bertz CT molecular complexity index is 447. The van der Waals surface area contributed by atoms with E-state index < -0.39 is 11.8 Å². The van der Waals surface area contributed by atoms with E-state index in [1.54, 1.807) is 6.07 Å². The molecule has 1 atom stereocenters. The van der Waals surface area contributed by atoms with Crippen molar-refractivity contribution >= 4 is 11.7 Å². The van der Waals surface area contributed by atoms with Crippen LogP contribution < -0.4 is 4.90 Å². The Morgan fingerprint density at radius 3 is 2.83 bits per heavy atom. The number of halogens is 1. The Hall–Kier alpha value is -1.58. The molecular weight excluding hydrogens is 233 g/mol. The molecule has 1 aromatic rings. The summed E-state index contributed by atoms with van der Waals surface area (Å²) in [5.74, 6) is -1.53. The van der Waals surface area contributed by atoms with Crippen molar-refractivity contribution in [2.45, 2.75) is 38.6 Å². The number of carboxylic acid groups (broad SMARTS) is 1. The van der Waals surface area contributed by atoms with Gasteiger partial charge in [0.15, 0.2) is 0 Å². The smallest absolute Gasteiger partial charge is 0.335 e. The van der Waals surface area contributed by atoms with E-state index in [0.29, 0.717) is 11.7 Å². The van der Waals surface area contributed by atoms with Crippen LogP contribution in [0.1, 0.15) is 43.0 Å². The summed E-state index contributed by atoms with van der Waals surface area (Å²) in [6.45, 7) is 2.93. The van der Waals surface area contributed by atoms with Crippen molar-refractivity contribution in [3.05, 3.63) is 29.6 Å². The number of nitrogens with zero attached hydrogens (tertiary/aromatic N) is 1. The molecule has 0 saturated carbocycles. The molecule has 2 rings (SSSR count). The summed E-state index contributed by atoms with van der Waals surface area (Å²) in [5, 5.41) is 8.83. The first kappa shape index (κ1) is 12.9. The second kappa shape index (κ2) is 5.38. The van der Waals surface area contributed by atoms with Crippen LogP contribution in [0.3, 0.4) is 0 Å². The maximum atomic E-state index is 14.0. The first-order valence-electron chi connectivity index (χ1n) is 6.39. The third-order valence-electron chi connectivity index (χ3n) is 3.56. The molecule has 1 N–H and O–H groups in total. The fraction of sp³-hybridized carbons (Fsp3) is 0.500. The standard InChI is InChI=1S/C14H18FNO2/c1-10-5-3-2-4-8-16(10)13-7-6-11(14(17)18)9-12(13)15/h6-7,9-10H,2-5,8H2,1H3,(H,17,18). The average molecular weight is 251 g/mol. The summed E-state index contributed by atoms with van der Waals surface area (Å²) in [4.78, 5) is 12.8. The second-order valence-corrected chi connectivity index (χ2v) is 4.86. The van der Waals surface area contributed by atoms with Crippen LogP contribution in [-0.2, 0) is 0 Å². The molecule has 1 aromatic carbocycles. The highest BCUT2D eigenvalue weighted by Gasteiger charge is 2.20. The number of benzene rings is 1. The summed E-state index contributed by atoms with van der Waals surface area (Å²) in [5.41, 5.74) is 0.521. The molecule has 3 nitrogen and oxygen atoms in total. The molecule has 98 valence electrons. The maximum absolute atomic E-state index is 14.0. The number of carboxylic acids is 1. The second-order valence-electron chi connectivity index (χ2n) is 4.86. The molecule has 0 amide bonds. The van der Waals surface area contributed by atoms with Gasteiger partial charge in [0.05, 0.1) is 11.3 Å². The summed E-state index contributed by atoms with van der Waals surface area (Å²) >= 11 is 0. The van der Waals surface area contributed by atoms with Gasteiger partial charge < -0.3 is 10.0 Å². The molecule has 1 heterocycles. The zero-order valence-corrected chi connectivity index (χ0v) is 10.5. The number of carbonyl (C=O) groups is 1. The third-order valence-corrected chi connectivity index (χ3v) is 3.56. The van der Waals surface area contributed by atoms with Crippen LogP contribution in [-0.4, -0.2) is 23.7 Å². The summed E-state index contributed by atoms with van der Waals surface area (Å²) < 4.78 is 14.0. The van der Waals surface area contributed by atoms with E-state index in [0.717, 1.165) is 25.5 Å². The third kappa shape index (κ3) is 2.63. The van der Waals surface area contributed by atoms with Gasteiger partial charge in [0, 0.05) is 12.6 Å². The molecule has 1 saturated heterocycles. The minimum absolute atomic E-state index is 0.00118. The summed E-state index contributed by atoms with van der Waals surface area (Å²) in [6, 6.07) is 4.46. The summed E-state index contributed by atoms with van der Waals surface area (Å²) in [7, 11) is 0. The monoisotopic (exact) mass is 251 g/mol. The van der Waals surface area contributed by atoms with Crippen LogP contribution in [0.25, 0.3) is 0 Å². The van der Waals surface area contributed by atoms with E-state index in [2.05, 4.69) is 6.92 Å². The topological polar surface area (TPSA) is 40.5 Å². The Kier molecular flexibility index (Phi) is 3.84. The van der Waals surface area contributed by atoms with Crippen LogP contribution in [0, 0.1) is 5.82 Å². The van der Waals surface area contributed by atoms with Crippen LogP contribution in [0.15, 0.2) is 18.2 Å². The van der Waals surface area contributed by atoms with Crippen molar-refractivity contribution in [3.8, 4) is 0 Å². The van der Waals surface area contributed by atoms with Gasteiger partial charge in [0.25, 0.3) is 0 Å². The Morgan fingerprint density at radius 2 is 2.17 bits per heavy atom. The predicted octanol–water partition coefficient (Wildman–Crippen LogP) is 3.29. The first-order chi connectivity index (χ1) is 8.59. The van der Waals surface area contributed by atoms with Crippen molar-refractivity contribution in [1.29, 1.82) is 0 Å². The van der Waals surface area contributed by atoms with Gasteiger partial charge in [-0.2, -0.15) is 0 Å². The van der Waals surface area contributed by atoms with E-state index in [9.17, 15) is 9.18 Å². The van der Waals surface area contributed by atoms with E-state index in [1.807, 2.05) is 4.90 Å². The Labute approximate surface area is 106 Å². The molecule has 0 bridgehead atoms. The highest BCUT2D eigenvalue weighted by atomic mass is 19.1. The van der Waals surface area contributed by atoms with E-state index in [4.69, 9.17) is 5.11 Å². The van der Waals surface area contributed by atoms with E-state index in [1.165, 1.54) is 18.9 Å². The van der Waals surface area contributed by atoms with E-state index in [-0.39, 0.29) is 5.56 Å². The molecule has 1 fully saturated rings. The number of aromatic carboxylic acids is 1. The van der Waals surface area contributed by atoms with Gasteiger partial charge >= 0.3 is 5.97 Å². The SMILES string of the molecule is CC1CCCCCN1c1ccc(C(=O)O)cc1F. The van der Waals surface area contributed by atoms with Crippen molar-refractivity contribution in [1.82, 2.24) is 0 Å². The number of anilines is 1.